The van der Waals surface area contributed by atoms with Crippen LogP contribution in [0.3, 0.4) is 0 Å². The molecule has 1 aromatic carbocycles. The predicted molar refractivity (Wildman–Crippen MR) is 80.2 cm³/mol. The van der Waals surface area contributed by atoms with E-state index in [0.717, 1.165) is 5.01 Å². The Balaban J connectivity index is 1.96. The molecule has 1 unspecified atom stereocenters. The van der Waals surface area contributed by atoms with Gasteiger partial charge in [-0.3, -0.25) is 19.9 Å². The number of non-ortho nitro benzene ring substituents is 1. The molecule has 0 radical (unpaired) electrons. The number of pyridine rings is 1. The van der Waals surface area contributed by atoms with Crippen LogP contribution in [-0.4, -0.2) is 26.7 Å². The minimum absolute atomic E-state index is 0.0792. The third kappa shape index (κ3) is 2.86. The number of carbonyl (C=O) groups is 1. The van der Waals surface area contributed by atoms with Gasteiger partial charge >= 0.3 is 0 Å². The molecule has 1 aromatic heterocycles. The van der Waals surface area contributed by atoms with Crippen LogP contribution in [-0.2, 0) is 9.53 Å². The zero-order valence-electron chi connectivity index (χ0n) is 12.1. The quantitative estimate of drug-likeness (QED) is 0.639. The molecule has 2 aromatic rings. The van der Waals surface area contributed by atoms with Crippen LogP contribution in [0.4, 0.5) is 5.69 Å². The molecule has 2 heterocycles. The molecule has 8 heteroatoms. The van der Waals surface area contributed by atoms with E-state index in [1.807, 2.05) is 0 Å². The number of nitro benzene ring substituents is 1. The topological polar surface area (TPSA) is 97.9 Å². The fourth-order valence-electron chi connectivity index (χ4n) is 2.18. The van der Waals surface area contributed by atoms with Crippen LogP contribution in [0, 0.1) is 10.1 Å². The summed E-state index contributed by atoms with van der Waals surface area (Å²) in [4.78, 5) is 26.2. The Morgan fingerprint density at radius 2 is 2.17 bits per heavy atom. The summed E-state index contributed by atoms with van der Waals surface area (Å²) < 4.78 is 5.73. The van der Waals surface area contributed by atoms with Crippen LogP contribution in [0.2, 0.25) is 0 Å². The Labute approximate surface area is 131 Å². The maximum absolute atomic E-state index is 11.8. The molecule has 1 atom stereocenters. The Morgan fingerprint density at radius 1 is 1.35 bits per heavy atom. The van der Waals surface area contributed by atoms with Gasteiger partial charge in [-0.05, 0) is 12.1 Å². The van der Waals surface area contributed by atoms with Crippen molar-refractivity contribution < 1.29 is 14.5 Å². The first-order chi connectivity index (χ1) is 11.1. The summed E-state index contributed by atoms with van der Waals surface area (Å²) in [5, 5.41) is 16.2. The smallest absolute Gasteiger partial charge is 0.269 e. The number of carbonyl (C=O) groups excluding carboxylic acids is 1. The van der Waals surface area contributed by atoms with Crippen molar-refractivity contribution in [3.05, 3.63) is 70.0 Å². The highest BCUT2D eigenvalue weighted by molar-refractivity contribution is 5.96. The van der Waals surface area contributed by atoms with Crippen molar-refractivity contribution in [3.8, 4) is 0 Å². The minimum Gasteiger partial charge on any atom is -0.446 e. The monoisotopic (exact) mass is 312 g/mol. The van der Waals surface area contributed by atoms with Gasteiger partial charge in [0.25, 0.3) is 5.69 Å². The number of nitrogens with zero attached hydrogens (tertiary/aromatic N) is 4. The van der Waals surface area contributed by atoms with Gasteiger partial charge in [0.1, 0.15) is 0 Å². The number of rotatable bonds is 3. The summed E-state index contributed by atoms with van der Waals surface area (Å²) in [6.45, 7) is 1.35. The Hall–Kier alpha value is -3.29. The van der Waals surface area contributed by atoms with E-state index in [1.165, 1.54) is 25.1 Å². The van der Waals surface area contributed by atoms with Crippen LogP contribution in [0.5, 0.6) is 0 Å². The Morgan fingerprint density at radius 3 is 2.83 bits per heavy atom. The van der Waals surface area contributed by atoms with E-state index in [-0.39, 0.29) is 17.5 Å². The van der Waals surface area contributed by atoms with Crippen LogP contribution < -0.4 is 0 Å². The first-order valence-electron chi connectivity index (χ1n) is 6.76. The lowest BCUT2D eigenvalue weighted by atomic mass is 10.1. The van der Waals surface area contributed by atoms with Crippen LogP contribution in [0.25, 0.3) is 0 Å². The highest BCUT2D eigenvalue weighted by atomic mass is 16.6. The number of nitro groups is 1. The number of benzene rings is 1. The molecule has 0 saturated carbocycles. The zero-order valence-corrected chi connectivity index (χ0v) is 12.1. The van der Waals surface area contributed by atoms with Gasteiger partial charge in [0.15, 0.2) is 0 Å². The normalized spacial score (nSPS) is 16.7. The Bertz CT molecular complexity index is 791. The highest BCUT2D eigenvalue weighted by Crippen LogP contribution is 2.31. The SMILES string of the molecule is CC(=O)N1N=C(c2cccnc2)OC1c1cccc([N+](=O)[O-])c1. The van der Waals surface area contributed by atoms with E-state index in [2.05, 4.69) is 10.1 Å². The molecule has 8 nitrogen and oxygen atoms in total. The van der Waals surface area contributed by atoms with Crippen molar-refractivity contribution in [2.45, 2.75) is 13.2 Å². The van der Waals surface area contributed by atoms with Gasteiger partial charge in [-0.1, -0.05) is 12.1 Å². The second-order valence-corrected chi connectivity index (χ2v) is 4.83. The lowest BCUT2D eigenvalue weighted by molar-refractivity contribution is -0.385. The summed E-state index contributed by atoms with van der Waals surface area (Å²) in [6, 6.07) is 9.40. The van der Waals surface area contributed by atoms with Gasteiger partial charge in [0, 0.05) is 37.0 Å². The molecule has 1 aliphatic rings. The van der Waals surface area contributed by atoms with Gasteiger partial charge < -0.3 is 4.74 Å². The van der Waals surface area contributed by atoms with Crippen molar-refractivity contribution in [2.75, 3.05) is 0 Å². The highest BCUT2D eigenvalue weighted by Gasteiger charge is 2.33. The van der Waals surface area contributed by atoms with E-state index in [1.54, 1.807) is 30.6 Å². The van der Waals surface area contributed by atoms with Crippen molar-refractivity contribution in [1.29, 1.82) is 0 Å². The summed E-state index contributed by atoms with van der Waals surface area (Å²) in [7, 11) is 0. The van der Waals surface area contributed by atoms with Gasteiger partial charge in [0.05, 0.1) is 10.5 Å². The van der Waals surface area contributed by atoms with Gasteiger partial charge in [-0.15, -0.1) is 5.10 Å². The third-order valence-electron chi connectivity index (χ3n) is 3.24. The molecule has 1 aliphatic heterocycles. The third-order valence-corrected chi connectivity index (χ3v) is 3.24. The lowest BCUT2D eigenvalue weighted by Gasteiger charge is -2.19. The number of ether oxygens (including phenoxy) is 1. The molecule has 0 saturated heterocycles. The number of hydrazone groups is 1. The molecule has 23 heavy (non-hydrogen) atoms. The maximum Gasteiger partial charge on any atom is 0.269 e. The van der Waals surface area contributed by atoms with Crippen molar-refractivity contribution in [2.24, 2.45) is 5.10 Å². The molecule has 0 spiro atoms. The first kappa shape index (κ1) is 14.6. The molecular formula is C15H12N4O4. The fourth-order valence-corrected chi connectivity index (χ4v) is 2.18. The molecule has 1 amide bonds. The molecule has 0 bridgehead atoms. The fraction of sp³-hybridized carbons (Fsp3) is 0.133. The van der Waals surface area contributed by atoms with Crippen LogP contribution in [0.15, 0.2) is 53.9 Å². The first-order valence-corrected chi connectivity index (χ1v) is 6.76. The van der Waals surface area contributed by atoms with Crippen LogP contribution in [0.1, 0.15) is 24.3 Å². The second-order valence-electron chi connectivity index (χ2n) is 4.83. The van der Waals surface area contributed by atoms with E-state index >= 15 is 0 Å². The van der Waals surface area contributed by atoms with Crippen molar-refractivity contribution in [3.63, 3.8) is 0 Å². The molecule has 0 fully saturated rings. The minimum atomic E-state index is -0.845. The van der Waals surface area contributed by atoms with E-state index in [0.29, 0.717) is 11.1 Å². The van der Waals surface area contributed by atoms with Crippen LogP contribution >= 0.6 is 0 Å². The molecule has 0 N–H and O–H groups in total. The maximum atomic E-state index is 11.8. The predicted octanol–water partition coefficient (Wildman–Crippen LogP) is 2.23. The average molecular weight is 312 g/mol. The van der Waals surface area contributed by atoms with Crippen molar-refractivity contribution >= 4 is 17.5 Å². The zero-order chi connectivity index (χ0) is 16.4. The number of hydrogen-bond acceptors (Lipinski definition) is 6. The standard InChI is InChI=1S/C15H12N4O4/c1-10(20)18-15(11-4-2-6-13(8-11)19(21)22)23-14(17-18)12-5-3-7-16-9-12/h2-9,15H,1H3. The summed E-state index contributed by atoms with van der Waals surface area (Å²) in [5.74, 6) is -0.0924. The van der Waals surface area contributed by atoms with Gasteiger partial charge in [0.2, 0.25) is 18.0 Å². The number of hydrogen-bond donors (Lipinski definition) is 0. The van der Waals surface area contributed by atoms with Gasteiger partial charge in [-0.2, -0.15) is 5.01 Å². The van der Waals surface area contributed by atoms with Crippen molar-refractivity contribution in [1.82, 2.24) is 9.99 Å². The largest absolute Gasteiger partial charge is 0.446 e. The number of aromatic nitrogens is 1. The van der Waals surface area contributed by atoms with E-state index in [4.69, 9.17) is 4.74 Å². The lowest BCUT2D eigenvalue weighted by Crippen LogP contribution is -2.25. The number of amides is 1. The molecule has 3 rings (SSSR count). The average Bonchev–Trinajstić information content (AvgIpc) is 3.01. The van der Waals surface area contributed by atoms with E-state index < -0.39 is 11.2 Å². The summed E-state index contributed by atoms with van der Waals surface area (Å²) in [5.41, 5.74) is 1.01. The molecule has 0 aliphatic carbocycles. The Kier molecular flexibility index (Phi) is 3.71. The second kappa shape index (κ2) is 5.84. The molecular weight excluding hydrogens is 300 g/mol. The summed E-state index contributed by atoms with van der Waals surface area (Å²) in [6.07, 6.45) is 2.33. The molecule has 116 valence electrons. The van der Waals surface area contributed by atoms with Gasteiger partial charge in [-0.25, -0.2) is 0 Å². The van der Waals surface area contributed by atoms with E-state index in [9.17, 15) is 14.9 Å². The summed E-state index contributed by atoms with van der Waals surface area (Å²) >= 11 is 0.